The smallest absolute Gasteiger partial charge is 0.261 e. The van der Waals surface area contributed by atoms with E-state index in [0.29, 0.717) is 12.8 Å². The minimum Gasteiger partial charge on any atom is -0.393 e. The molecule has 6 heteroatoms. The van der Waals surface area contributed by atoms with Crippen molar-refractivity contribution in [2.24, 2.45) is 0 Å². The van der Waals surface area contributed by atoms with Crippen molar-refractivity contribution in [3.8, 4) is 0 Å². The molecule has 0 aliphatic rings. The first-order chi connectivity index (χ1) is 7.18. The first-order valence-electron chi connectivity index (χ1n) is 4.60. The molecule has 0 aliphatic heterocycles. The number of aliphatic hydroxyl groups is 1. The Kier molecular flexibility index (Phi) is 5.67. The Hall–Kier alpha value is -0.590. The van der Waals surface area contributed by atoms with Gasteiger partial charge in [-0.2, -0.15) is 0 Å². The molecule has 1 atom stereocenters. The number of aliphatic hydroxyl groups excluding tert-OH is 1. The van der Waals surface area contributed by atoms with E-state index >= 15 is 0 Å². The molecule has 15 heavy (non-hydrogen) atoms. The van der Waals surface area contributed by atoms with Crippen molar-refractivity contribution in [2.45, 2.75) is 25.4 Å². The number of thiazole rings is 1. The molecule has 0 saturated carbocycles. The van der Waals surface area contributed by atoms with Crippen LogP contribution >= 0.6 is 11.3 Å². The van der Waals surface area contributed by atoms with Crippen LogP contribution in [0.2, 0.25) is 0 Å². The summed E-state index contributed by atoms with van der Waals surface area (Å²) < 4.78 is 28.0. The Morgan fingerprint density at radius 2 is 2.33 bits per heavy atom. The zero-order valence-electron chi connectivity index (χ0n) is 8.10. The summed E-state index contributed by atoms with van der Waals surface area (Å²) in [5, 5.41) is 9.50. The van der Waals surface area contributed by atoms with E-state index in [1.807, 2.05) is 0 Å². The summed E-state index contributed by atoms with van der Waals surface area (Å²) in [6.07, 6.45) is -0.437. The van der Waals surface area contributed by atoms with Crippen molar-refractivity contribution in [1.82, 2.24) is 4.98 Å². The fourth-order valence-corrected chi connectivity index (χ4v) is 1.74. The third-order valence-electron chi connectivity index (χ3n) is 1.76. The standard InChI is InChI=1S/C9H13F2NO2S/c10-9(11)5-14-2-1-7(13)3-8-4-12-6-15-8/h4,6-7,9,13H,1-3,5H2. The maximum Gasteiger partial charge on any atom is 0.261 e. The lowest BCUT2D eigenvalue weighted by Crippen LogP contribution is -2.14. The van der Waals surface area contributed by atoms with Gasteiger partial charge in [-0.25, -0.2) is 8.78 Å². The van der Waals surface area contributed by atoms with Crippen LogP contribution in [0.25, 0.3) is 0 Å². The molecule has 0 bridgehead atoms. The lowest BCUT2D eigenvalue weighted by Gasteiger charge is -2.09. The monoisotopic (exact) mass is 237 g/mol. The van der Waals surface area contributed by atoms with Crippen molar-refractivity contribution in [3.05, 3.63) is 16.6 Å². The summed E-state index contributed by atoms with van der Waals surface area (Å²) >= 11 is 1.46. The molecule has 1 N–H and O–H groups in total. The highest BCUT2D eigenvalue weighted by Gasteiger charge is 2.08. The number of aromatic nitrogens is 1. The van der Waals surface area contributed by atoms with Crippen molar-refractivity contribution < 1.29 is 18.6 Å². The molecule has 86 valence electrons. The molecule has 0 saturated heterocycles. The first-order valence-corrected chi connectivity index (χ1v) is 5.47. The second kappa shape index (κ2) is 6.81. The molecule has 1 unspecified atom stereocenters. The Morgan fingerprint density at radius 3 is 2.93 bits per heavy atom. The topological polar surface area (TPSA) is 42.4 Å². The van der Waals surface area contributed by atoms with E-state index in [1.54, 1.807) is 11.7 Å². The maximum absolute atomic E-state index is 11.7. The van der Waals surface area contributed by atoms with E-state index in [0.717, 1.165) is 4.88 Å². The normalized spacial score (nSPS) is 13.3. The lowest BCUT2D eigenvalue weighted by atomic mass is 10.2. The fraction of sp³-hybridized carbons (Fsp3) is 0.667. The molecule has 0 amide bonds. The second-order valence-electron chi connectivity index (χ2n) is 3.08. The average Bonchev–Trinajstić information content (AvgIpc) is 2.64. The van der Waals surface area contributed by atoms with Crippen molar-refractivity contribution >= 4 is 11.3 Å². The molecule has 3 nitrogen and oxygen atoms in total. The van der Waals surface area contributed by atoms with E-state index in [9.17, 15) is 13.9 Å². The number of nitrogens with zero attached hydrogens (tertiary/aromatic N) is 1. The van der Waals surface area contributed by atoms with Crippen molar-refractivity contribution in [1.29, 1.82) is 0 Å². The number of rotatable bonds is 7. The van der Waals surface area contributed by atoms with E-state index in [-0.39, 0.29) is 6.61 Å². The number of halogens is 2. The van der Waals surface area contributed by atoms with E-state index in [4.69, 9.17) is 0 Å². The van der Waals surface area contributed by atoms with Crippen LogP contribution in [0, 0.1) is 0 Å². The van der Waals surface area contributed by atoms with Gasteiger partial charge >= 0.3 is 0 Å². The highest BCUT2D eigenvalue weighted by atomic mass is 32.1. The third kappa shape index (κ3) is 5.76. The largest absolute Gasteiger partial charge is 0.393 e. The molecule has 0 radical (unpaired) electrons. The number of alkyl halides is 2. The van der Waals surface area contributed by atoms with Gasteiger partial charge in [0.2, 0.25) is 0 Å². The molecule has 0 spiro atoms. The van der Waals surface area contributed by atoms with Crippen LogP contribution in [0.5, 0.6) is 0 Å². The van der Waals surface area contributed by atoms with Crippen LogP contribution in [0.1, 0.15) is 11.3 Å². The third-order valence-corrected chi connectivity index (χ3v) is 2.56. The van der Waals surface area contributed by atoms with Crippen molar-refractivity contribution in [2.75, 3.05) is 13.2 Å². The quantitative estimate of drug-likeness (QED) is 0.734. The summed E-state index contributed by atoms with van der Waals surface area (Å²) in [5.74, 6) is 0. The van der Waals surface area contributed by atoms with Crippen molar-refractivity contribution in [3.63, 3.8) is 0 Å². The SMILES string of the molecule is OC(CCOCC(F)F)Cc1cncs1. The summed E-state index contributed by atoms with van der Waals surface area (Å²) in [6, 6.07) is 0. The van der Waals surface area contributed by atoms with E-state index < -0.39 is 19.1 Å². The highest BCUT2D eigenvalue weighted by molar-refractivity contribution is 7.09. The van der Waals surface area contributed by atoms with Gasteiger partial charge in [-0.15, -0.1) is 11.3 Å². The van der Waals surface area contributed by atoms with Crippen LogP contribution < -0.4 is 0 Å². The lowest BCUT2D eigenvalue weighted by molar-refractivity contribution is 0.00519. The molecule has 0 fully saturated rings. The van der Waals surface area contributed by atoms with Gasteiger partial charge in [0.15, 0.2) is 0 Å². The Labute approximate surface area is 90.7 Å². The van der Waals surface area contributed by atoms with Crippen LogP contribution in [0.4, 0.5) is 8.78 Å². The van der Waals surface area contributed by atoms with Gasteiger partial charge < -0.3 is 9.84 Å². The average molecular weight is 237 g/mol. The summed E-state index contributed by atoms with van der Waals surface area (Å²) in [4.78, 5) is 4.85. The van der Waals surface area contributed by atoms with Crippen LogP contribution in [0.15, 0.2) is 11.7 Å². The van der Waals surface area contributed by atoms with Gasteiger partial charge in [0.25, 0.3) is 6.43 Å². The summed E-state index contributed by atoms with van der Waals surface area (Å²) in [5.41, 5.74) is 1.69. The predicted octanol–water partition coefficient (Wildman–Crippen LogP) is 1.72. The number of ether oxygens (including phenoxy) is 1. The molecule has 1 aromatic heterocycles. The summed E-state index contributed by atoms with van der Waals surface area (Å²) in [6.45, 7) is -0.405. The Bertz CT molecular complexity index is 257. The fourth-order valence-electron chi connectivity index (χ4n) is 1.07. The zero-order valence-corrected chi connectivity index (χ0v) is 8.92. The Balaban J connectivity index is 2.06. The molecular weight excluding hydrogens is 224 g/mol. The Morgan fingerprint density at radius 1 is 1.53 bits per heavy atom. The van der Waals surface area contributed by atoms with Gasteiger partial charge in [0, 0.05) is 24.1 Å². The van der Waals surface area contributed by atoms with Crippen LogP contribution in [-0.2, 0) is 11.2 Å². The van der Waals surface area contributed by atoms with Crippen LogP contribution in [0.3, 0.4) is 0 Å². The van der Waals surface area contributed by atoms with Gasteiger partial charge in [0.05, 0.1) is 11.6 Å². The minimum absolute atomic E-state index is 0.157. The summed E-state index contributed by atoms with van der Waals surface area (Å²) in [7, 11) is 0. The maximum atomic E-state index is 11.7. The van der Waals surface area contributed by atoms with E-state index in [2.05, 4.69) is 9.72 Å². The first kappa shape index (κ1) is 12.5. The predicted molar refractivity (Wildman–Crippen MR) is 53.3 cm³/mol. The zero-order chi connectivity index (χ0) is 11.1. The molecular formula is C9H13F2NO2S. The minimum atomic E-state index is -2.44. The molecule has 1 rings (SSSR count). The number of hydrogen-bond donors (Lipinski definition) is 1. The van der Waals surface area contributed by atoms with Gasteiger partial charge in [-0.3, -0.25) is 4.98 Å². The van der Waals surface area contributed by atoms with Gasteiger partial charge in [0.1, 0.15) is 6.61 Å². The van der Waals surface area contributed by atoms with Gasteiger partial charge in [-0.05, 0) is 6.42 Å². The molecule has 1 aromatic rings. The second-order valence-corrected chi connectivity index (χ2v) is 4.05. The molecule has 0 aromatic carbocycles. The van der Waals surface area contributed by atoms with E-state index in [1.165, 1.54) is 11.3 Å². The highest BCUT2D eigenvalue weighted by Crippen LogP contribution is 2.10. The van der Waals surface area contributed by atoms with Crippen LogP contribution in [-0.4, -0.2) is 35.8 Å². The number of hydrogen-bond acceptors (Lipinski definition) is 4. The molecule has 1 heterocycles. The molecule has 0 aliphatic carbocycles. The van der Waals surface area contributed by atoms with Gasteiger partial charge in [-0.1, -0.05) is 0 Å².